The Balaban J connectivity index is 1.18. The minimum Gasteiger partial charge on any atom is -0.456 e. The van der Waals surface area contributed by atoms with Crippen LogP contribution < -0.4 is 14.1 Å². The zero-order chi connectivity index (χ0) is 35.6. The van der Waals surface area contributed by atoms with Gasteiger partial charge in [0.2, 0.25) is 0 Å². The summed E-state index contributed by atoms with van der Waals surface area (Å²) in [7, 11) is 0. The van der Waals surface area contributed by atoms with Crippen molar-refractivity contribution in [2.24, 2.45) is 0 Å². The first kappa shape index (κ1) is 28.6. The molecular formula is C47H32N6O+2. The first-order valence-electron chi connectivity index (χ1n) is 18.6. The van der Waals surface area contributed by atoms with Crippen LogP contribution in [0.3, 0.4) is 0 Å². The van der Waals surface area contributed by atoms with E-state index in [2.05, 4.69) is 184 Å². The van der Waals surface area contributed by atoms with E-state index in [0.29, 0.717) is 0 Å². The number of hydrogen-bond donors (Lipinski definition) is 0. The molecule has 0 aliphatic carbocycles. The quantitative estimate of drug-likeness (QED) is 0.169. The van der Waals surface area contributed by atoms with Gasteiger partial charge in [-0.3, -0.25) is 0 Å². The summed E-state index contributed by atoms with van der Waals surface area (Å²) in [6, 6.07) is 47.9. The average molecular weight is 697 g/mol. The normalized spacial score (nSPS) is 15.9. The van der Waals surface area contributed by atoms with E-state index in [1.165, 1.54) is 49.2 Å². The number of aryl methyl sites for hydroxylation is 2. The molecule has 10 aromatic rings. The smallest absolute Gasteiger partial charge is 0.423 e. The Hall–Kier alpha value is -6.99. The predicted molar refractivity (Wildman–Crippen MR) is 210 cm³/mol. The van der Waals surface area contributed by atoms with Crippen molar-refractivity contribution in [1.82, 2.24) is 18.9 Å². The Labute approximate surface area is 309 Å². The first-order valence-corrected chi connectivity index (χ1v) is 18.6. The molecule has 7 heteroatoms. The number of benzene rings is 6. The van der Waals surface area contributed by atoms with Crippen molar-refractivity contribution in [2.45, 2.75) is 26.4 Å². The standard InChI is InChI=1S/C47H32N6O/c1-27-26-34-32-17-8-9-18-35(32)50(30-14-5-4-6-15-30)45(34)28(2)41(27)44-29(3)52-37-20-13-21-38-42(37)47(53(52)48-44)43-39(54-38)24-23-33-31-16-7-10-19-36(31)51(46(33)43)40-22-11-12-25-49(40)47/h4-26H,1-3H3/q+2. The van der Waals surface area contributed by atoms with Gasteiger partial charge in [-0.05, 0) is 98.6 Å². The molecule has 254 valence electrons. The van der Waals surface area contributed by atoms with Crippen LogP contribution in [0.4, 0.5) is 0 Å². The van der Waals surface area contributed by atoms with Crippen LogP contribution in [-0.4, -0.2) is 18.9 Å². The lowest BCUT2D eigenvalue weighted by Crippen LogP contribution is -2.77. The van der Waals surface area contributed by atoms with Crippen molar-refractivity contribution in [1.29, 1.82) is 0 Å². The minimum absolute atomic E-state index is 0.839. The second kappa shape index (κ2) is 9.51. The molecule has 0 bridgehead atoms. The third-order valence-electron chi connectivity index (χ3n) is 12.3. The second-order valence-electron chi connectivity index (χ2n) is 15.0. The molecule has 54 heavy (non-hydrogen) atoms. The highest BCUT2D eigenvalue weighted by molar-refractivity contribution is 6.13. The maximum atomic E-state index is 6.88. The van der Waals surface area contributed by atoms with Gasteiger partial charge in [0.05, 0.1) is 22.0 Å². The highest BCUT2D eigenvalue weighted by Gasteiger charge is 2.70. The fourth-order valence-corrected chi connectivity index (χ4v) is 10.4. The number of pyridine rings is 1. The molecule has 6 aromatic carbocycles. The van der Waals surface area contributed by atoms with Crippen molar-refractivity contribution in [2.75, 3.05) is 0 Å². The Morgan fingerprint density at radius 2 is 1.33 bits per heavy atom. The third kappa shape index (κ3) is 3.05. The van der Waals surface area contributed by atoms with E-state index >= 15 is 0 Å². The molecule has 0 N–H and O–H groups in total. The summed E-state index contributed by atoms with van der Waals surface area (Å²) in [6.45, 7) is 6.74. The largest absolute Gasteiger partial charge is 0.456 e. The van der Waals surface area contributed by atoms with Gasteiger partial charge in [0.15, 0.2) is 22.3 Å². The summed E-state index contributed by atoms with van der Waals surface area (Å²) in [4.78, 5) is 2.26. The van der Waals surface area contributed by atoms with Crippen molar-refractivity contribution in [3.05, 3.63) is 168 Å². The van der Waals surface area contributed by atoms with E-state index in [4.69, 9.17) is 9.84 Å². The van der Waals surface area contributed by atoms with Crippen LogP contribution in [-0.2, 0) is 5.66 Å². The van der Waals surface area contributed by atoms with Gasteiger partial charge < -0.3 is 9.30 Å². The van der Waals surface area contributed by atoms with Gasteiger partial charge in [0, 0.05) is 44.0 Å². The van der Waals surface area contributed by atoms with Gasteiger partial charge in [-0.1, -0.05) is 65.3 Å². The number of aromatic nitrogens is 6. The maximum absolute atomic E-state index is 6.88. The Morgan fingerprint density at radius 3 is 2.17 bits per heavy atom. The molecule has 0 amide bonds. The lowest BCUT2D eigenvalue weighted by atomic mass is 9.84. The summed E-state index contributed by atoms with van der Waals surface area (Å²) < 4.78 is 16.5. The van der Waals surface area contributed by atoms with Crippen LogP contribution in [0.1, 0.15) is 27.9 Å². The maximum Gasteiger partial charge on any atom is 0.423 e. The summed E-state index contributed by atoms with van der Waals surface area (Å²) in [5.74, 6) is 2.79. The summed E-state index contributed by atoms with van der Waals surface area (Å²) in [5.41, 5.74) is 14.0. The molecule has 0 saturated heterocycles. The van der Waals surface area contributed by atoms with Crippen LogP contribution in [0, 0.1) is 20.8 Å². The van der Waals surface area contributed by atoms with Gasteiger partial charge >= 0.3 is 5.66 Å². The van der Waals surface area contributed by atoms with E-state index in [-0.39, 0.29) is 0 Å². The van der Waals surface area contributed by atoms with Gasteiger partial charge in [0.1, 0.15) is 28.4 Å². The van der Waals surface area contributed by atoms with Gasteiger partial charge in [-0.2, -0.15) is 9.13 Å². The van der Waals surface area contributed by atoms with E-state index in [1.54, 1.807) is 0 Å². The summed E-state index contributed by atoms with van der Waals surface area (Å²) in [5, 5.41) is 10.7. The lowest BCUT2D eigenvalue weighted by molar-refractivity contribution is -1.02. The zero-order valence-corrected chi connectivity index (χ0v) is 29.9. The number of ether oxygens (including phenoxy) is 1. The number of nitrogens with zero attached hydrogens (tertiary/aromatic N) is 6. The summed E-state index contributed by atoms with van der Waals surface area (Å²) >= 11 is 0. The van der Waals surface area contributed by atoms with E-state index < -0.39 is 5.66 Å². The molecular weight excluding hydrogens is 665 g/mol. The van der Waals surface area contributed by atoms with E-state index in [9.17, 15) is 0 Å². The molecule has 0 fully saturated rings. The molecule has 0 saturated carbocycles. The Bertz CT molecular complexity index is 3350. The molecule has 0 radical (unpaired) electrons. The zero-order valence-electron chi connectivity index (χ0n) is 29.9. The number of fused-ring (bicyclic) bond motifs is 10. The monoisotopic (exact) mass is 696 g/mol. The van der Waals surface area contributed by atoms with Crippen LogP contribution in [0.5, 0.6) is 11.5 Å². The van der Waals surface area contributed by atoms with Gasteiger partial charge in [0.25, 0.3) is 5.82 Å². The van der Waals surface area contributed by atoms with Crippen LogP contribution in [0.2, 0.25) is 0 Å². The molecule has 3 aliphatic heterocycles. The molecule has 3 aliphatic rings. The second-order valence-corrected chi connectivity index (χ2v) is 15.0. The SMILES string of the molecule is Cc1cc2c3ccccc3n(-c3ccccc3)c2c(C)c1-c1n[n+]2n(c1C)-c1cccc3c1C21c2c(ccc4c5ccccc5n(c24)-c2cccc[n+]21)O3. The van der Waals surface area contributed by atoms with E-state index in [0.717, 1.165) is 62.3 Å². The molecule has 7 heterocycles. The van der Waals surface area contributed by atoms with Crippen molar-refractivity contribution in [3.63, 3.8) is 0 Å². The third-order valence-corrected chi connectivity index (χ3v) is 12.3. The van der Waals surface area contributed by atoms with Crippen molar-refractivity contribution >= 4 is 43.6 Å². The summed E-state index contributed by atoms with van der Waals surface area (Å²) in [6.07, 6.45) is 2.22. The highest BCUT2D eigenvalue weighted by Crippen LogP contribution is 2.55. The number of hydrogen-bond acceptors (Lipinski definition) is 2. The molecule has 7 nitrogen and oxygen atoms in total. The van der Waals surface area contributed by atoms with Crippen molar-refractivity contribution in [3.8, 4) is 39.9 Å². The topological polar surface area (TPSA) is 44.7 Å². The fraction of sp³-hybridized carbons (Fsp3) is 0.0851. The van der Waals surface area contributed by atoms with Crippen LogP contribution in [0.25, 0.3) is 72.1 Å². The average Bonchev–Trinajstić information content (AvgIpc) is 3.92. The van der Waals surface area contributed by atoms with Crippen LogP contribution >= 0.6 is 0 Å². The predicted octanol–water partition coefficient (Wildman–Crippen LogP) is 9.26. The molecule has 1 atom stereocenters. The number of para-hydroxylation sites is 3. The Kier molecular flexibility index (Phi) is 5.03. The minimum atomic E-state index is -0.839. The van der Waals surface area contributed by atoms with Gasteiger partial charge in [-0.25, -0.2) is 0 Å². The molecule has 4 aromatic heterocycles. The molecule has 1 unspecified atom stereocenters. The fourth-order valence-electron chi connectivity index (χ4n) is 10.4. The Morgan fingerprint density at radius 1 is 0.611 bits per heavy atom. The first-order chi connectivity index (χ1) is 26.6. The van der Waals surface area contributed by atoms with E-state index in [1.807, 2.05) is 0 Å². The van der Waals surface area contributed by atoms with Crippen LogP contribution in [0.15, 0.2) is 140 Å². The highest BCUT2D eigenvalue weighted by atomic mass is 16.5. The number of rotatable bonds is 2. The van der Waals surface area contributed by atoms with Crippen molar-refractivity contribution < 1.29 is 14.1 Å². The molecule has 1 spiro atoms. The van der Waals surface area contributed by atoms with Gasteiger partial charge in [-0.15, -0.1) is 0 Å². The molecule has 13 rings (SSSR count). The lowest BCUT2D eigenvalue weighted by Gasteiger charge is -2.31.